The molecule has 0 N–H and O–H groups in total. The highest BCUT2D eigenvalue weighted by Gasteiger charge is 2.16. The Morgan fingerprint density at radius 3 is 2.32 bits per heavy atom. The molecule has 0 bridgehead atoms. The maximum Gasteiger partial charge on any atom is 0.338 e. The Bertz CT molecular complexity index is 682. The van der Waals surface area contributed by atoms with Crippen LogP contribution in [-0.2, 0) is 4.74 Å². The summed E-state index contributed by atoms with van der Waals surface area (Å²) in [5.41, 5.74) is 1.96. The second kappa shape index (κ2) is 7.11. The minimum atomic E-state index is -0.381. The minimum Gasteiger partial charge on any atom is -0.493 e. The number of hydrogen-bond acceptors (Lipinski definition) is 5. The van der Waals surface area contributed by atoms with Crippen LogP contribution in [0.2, 0.25) is 0 Å². The maximum absolute atomic E-state index is 12.0. The van der Waals surface area contributed by atoms with E-state index in [1.54, 1.807) is 19.1 Å². The molecule has 1 aromatic carbocycles. The van der Waals surface area contributed by atoms with Crippen LogP contribution in [0.5, 0.6) is 11.5 Å². The van der Waals surface area contributed by atoms with Gasteiger partial charge in [0.05, 0.1) is 25.4 Å². The molecule has 2 aromatic rings. The minimum absolute atomic E-state index is 0.325. The number of benzene rings is 1. The molecule has 0 atom stereocenters. The van der Waals surface area contributed by atoms with Gasteiger partial charge < -0.3 is 14.2 Å². The van der Waals surface area contributed by atoms with Crippen LogP contribution in [0.4, 0.5) is 0 Å². The van der Waals surface area contributed by atoms with E-state index in [1.807, 2.05) is 26.8 Å². The maximum atomic E-state index is 12.0. The molecule has 0 amide bonds. The zero-order chi connectivity index (χ0) is 16.1. The van der Waals surface area contributed by atoms with Crippen molar-refractivity contribution < 1.29 is 19.0 Å². The fourth-order valence-corrected chi connectivity index (χ4v) is 2.26. The number of carbonyl (C=O) groups is 1. The molecule has 0 aliphatic heterocycles. The first kappa shape index (κ1) is 16.1. The van der Waals surface area contributed by atoms with E-state index in [-0.39, 0.29) is 5.97 Å². The lowest BCUT2D eigenvalue weighted by atomic mass is 10.1. The lowest BCUT2D eigenvalue weighted by Crippen LogP contribution is -2.06. The van der Waals surface area contributed by atoms with Gasteiger partial charge in [-0.25, -0.2) is 9.78 Å². The number of pyridine rings is 1. The average Bonchev–Trinajstić information content (AvgIpc) is 2.48. The van der Waals surface area contributed by atoms with Crippen molar-refractivity contribution in [2.45, 2.75) is 27.7 Å². The Hall–Kier alpha value is -2.30. The molecule has 0 unspecified atom stereocenters. The van der Waals surface area contributed by atoms with Gasteiger partial charge in [0.2, 0.25) is 0 Å². The molecular weight excluding hydrogens is 282 g/mol. The van der Waals surface area contributed by atoms with Gasteiger partial charge in [0.25, 0.3) is 0 Å². The van der Waals surface area contributed by atoms with Gasteiger partial charge in [-0.3, -0.25) is 0 Å². The molecule has 22 heavy (non-hydrogen) atoms. The summed E-state index contributed by atoms with van der Waals surface area (Å²) < 4.78 is 16.4. The van der Waals surface area contributed by atoms with Crippen LogP contribution in [-0.4, -0.2) is 30.8 Å². The normalized spacial score (nSPS) is 10.5. The van der Waals surface area contributed by atoms with Crippen molar-refractivity contribution in [1.29, 1.82) is 0 Å². The Labute approximate surface area is 130 Å². The molecule has 1 aromatic heterocycles. The van der Waals surface area contributed by atoms with Crippen LogP contribution >= 0.6 is 0 Å². The highest BCUT2D eigenvalue weighted by atomic mass is 16.5. The highest BCUT2D eigenvalue weighted by molar-refractivity contribution is 5.99. The molecule has 118 valence electrons. The summed E-state index contributed by atoms with van der Waals surface area (Å²) in [7, 11) is 0. The number of rotatable bonds is 6. The monoisotopic (exact) mass is 303 g/mol. The van der Waals surface area contributed by atoms with Crippen LogP contribution < -0.4 is 9.47 Å². The van der Waals surface area contributed by atoms with Gasteiger partial charge in [-0.2, -0.15) is 0 Å². The summed E-state index contributed by atoms with van der Waals surface area (Å²) in [5.74, 6) is 0.873. The van der Waals surface area contributed by atoms with E-state index in [9.17, 15) is 4.79 Å². The number of fused-ring (bicyclic) bond motifs is 1. The van der Waals surface area contributed by atoms with Crippen molar-refractivity contribution in [2.75, 3.05) is 19.8 Å². The third-order valence-corrected chi connectivity index (χ3v) is 3.08. The molecule has 0 aliphatic rings. The van der Waals surface area contributed by atoms with Crippen molar-refractivity contribution in [3.8, 4) is 11.5 Å². The summed E-state index contributed by atoms with van der Waals surface area (Å²) in [5, 5.41) is 0.751. The summed E-state index contributed by atoms with van der Waals surface area (Å²) in [6.45, 7) is 8.83. The van der Waals surface area contributed by atoms with E-state index in [0.29, 0.717) is 42.4 Å². The van der Waals surface area contributed by atoms with Gasteiger partial charge in [0.1, 0.15) is 17.0 Å². The fraction of sp³-hybridized carbons (Fsp3) is 0.412. The van der Waals surface area contributed by atoms with Gasteiger partial charge in [-0.15, -0.1) is 0 Å². The first-order valence-corrected chi connectivity index (χ1v) is 7.48. The zero-order valence-electron chi connectivity index (χ0n) is 13.4. The average molecular weight is 303 g/mol. The Morgan fingerprint density at radius 2 is 1.68 bits per heavy atom. The molecular formula is C17H21NO4. The zero-order valence-corrected chi connectivity index (χ0v) is 13.4. The van der Waals surface area contributed by atoms with Crippen molar-refractivity contribution in [1.82, 2.24) is 4.98 Å². The van der Waals surface area contributed by atoms with Gasteiger partial charge in [-0.05, 0) is 39.8 Å². The van der Waals surface area contributed by atoms with E-state index >= 15 is 0 Å². The number of aryl methyl sites for hydroxylation is 1. The number of nitrogens with zero attached hydrogens (tertiary/aromatic N) is 1. The lowest BCUT2D eigenvalue weighted by Gasteiger charge is -2.13. The third-order valence-electron chi connectivity index (χ3n) is 3.08. The van der Waals surface area contributed by atoms with Crippen molar-refractivity contribution in [3.63, 3.8) is 0 Å². The smallest absolute Gasteiger partial charge is 0.338 e. The molecule has 5 heteroatoms. The van der Waals surface area contributed by atoms with E-state index in [1.165, 1.54) is 0 Å². The van der Waals surface area contributed by atoms with Gasteiger partial charge in [-0.1, -0.05) is 0 Å². The predicted octanol–water partition coefficient (Wildman–Crippen LogP) is 3.52. The Morgan fingerprint density at radius 1 is 1.00 bits per heavy atom. The van der Waals surface area contributed by atoms with Crippen LogP contribution in [0.3, 0.4) is 0 Å². The molecule has 2 rings (SSSR count). The van der Waals surface area contributed by atoms with E-state index in [4.69, 9.17) is 14.2 Å². The number of ether oxygens (including phenoxy) is 3. The summed E-state index contributed by atoms with van der Waals surface area (Å²) >= 11 is 0. The number of aromatic nitrogens is 1. The predicted molar refractivity (Wildman–Crippen MR) is 84.8 cm³/mol. The van der Waals surface area contributed by atoms with Crippen molar-refractivity contribution >= 4 is 16.9 Å². The van der Waals surface area contributed by atoms with E-state index in [2.05, 4.69) is 4.98 Å². The van der Waals surface area contributed by atoms with E-state index < -0.39 is 0 Å². The van der Waals surface area contributed by atoms with Crippen LogP contribution in [0.1, 0.15) is 36.8 Å². The molecule has 0 saturated carbocycles. The van der Waals surface area contributed by atoms with Crippen molar-refractivity contribution in [3.05, 3.63) is 29.5 Å². The molecule has 0 aliphatic carbocycles. The number of esters is 1. The Kier molecular flexibility index (Phi) is 5.20. The SMILES string of the molecule is CCOC(=O)c1cc(OCC)c2nc(C)cc(OCC)c2c1. The third kappa shape index (κ3) is 3.30. The van der Waals surface area contributed by atoms with Crippen LogP contribution in [0.15, 0.2) is 18.2 Å². The summed E-state index contributed by atoms with van der Waals surface area (Å²) in [6.07, 6.45) is 0. The van der Waals surface area contributed by atoms with E-state index in [0.717, 1.165) is 11.1 Å². The van der Waals surface area contributed by atoms with Gasteiger partial charge in [0, 0.05) is 17.1 Å². The quantitative estimate of drug-likeness (QED) is 0.764. The second-order valence-corrected chi connectivity index (χ2v) is 4.72. The largest absolute Gasteiger partial charge is 0.493 e. The molecule has 0 spiro atoms. The molecule has 0 radical (unpaired) electrons. The summed E-state index contributed by atoms with van der Waals surface area (Å²) in [6, 6.07) is 5.27. The number of hydrogen-bond donors (Lipinski definition) is 0. The second-order valence-electron chi connectivity index (χ2n) is 4.72. The Balaban J connectivity index is 2.68. The molecule has 0 saturated heterocycles. The first-order chi connectivity index (χ1) is 10.6. The standard InChI is InChI=1S/C17H21NO4/c1-5-20-14-8-11(4)18-16-13(14)9-12(17(19)22-7-3)10-15(16)21-6-2/h8-10H,5-7H2,1-4H3. The lowest BCUT2D eigenvalue weighted by molar-refractivity contribution is 0.0526. The first-order valence-electron chi connectivity index (χ1n) is 7.48. The number of carbonyl (C=O) groups excluding carboxylic acids is 1. The van der Waals surface area contributed by atoms with Crippen LogP contribution in [0, 0.1) is 6.92 Å². The molecule has 0 fully saturated rings. The molecule has 1 heterocycles. The van der Waals surface area contributed by atoms with Gasteiger partial charge in [0.15, 0.2) is 0 Å². The fourth-order valence-electron chi connectivity index (χ4n) is 2.26. The highest BCUT2D eigenvalue weighted by Crippen LogP contribution is 2.33. The van der Waals surface area contributed by atoms with Crippen LogP contribution in [0.25, 0.3) is 10.9 Å². The van der Waals surface area contributed by atoms with Crippen molar-refractivity contribution in [2.24, 2.45) is 0 Å². The summed E-state index contributed by atoms with van der Waals surface area (Å²) in [4.78, 5) is 16.6. The van der Waals surface area contributed by atoms with Gasteiger partial charge >= 0.3 is 5.97 Å². The topological polar surface area (TPSA) is 57.7 Å². The molecule has 5 nitrogen and oxygen atoms in total.